The Kier molecular flexibility index (Phi) is 4.58. The molecule has 0 spiro atoms. The summed E-state index contributed by atoms with van der Waals surface area (Å²) >= 11 is 0. The Morgan fingerprint density at radius 1 is 1.28 bits per heavy atom. The first-order valence-electron chi connectivity index (χ1n) is 7.67. The number of anilines is 1. The highest BCUT2D eigenvalue weighted by molar-refractivity contribution is 7.90. The number of fused-ring (bicyclic) bond motifs is 1. The topological polar surface area (TPSA) is 110 Å². The fourth-order valence-corrected chi connectivity index (χ4v) is 3.16. The maximum Gasteiger partial charge on any atom is 0.180 e. The fraction of sp³-hybridized carbons (Fsp3) is 0.312. The van der Waals surface area contributed by atoms with Crippen LogP contribution in [0.15, 0.2) is 29.3 Å². The molecule has 0 aliphatic rings. The van der Waals surface area contributed by atoms with Gasteiger partial charge in [0.25, 0.3) is 0 Å². The maximum absolute atomic E-state index is 11.8. The minimum atomic E-state index is -3.40. The summed E-state index contributed by atoms with van der Waals surface area (Å²) in [6.07, 6.45) is 3.05. The number of aromatic nitrogens is 4. The van der Waals surface area contributed by atoms with E-state index in [-0.39, 0.29) is 4.90 Å². The molecule has 8 nitrogen and oxygen atoms in total. The van der Waals surface area contributed by atoms with Crippen molar-refractivity contribution in [2.24, 2.45) is 0 Å². The van der Waals surface area contributed by atoms with Gasteiger partial charge in [-0.25, -0.2) is 23.4 Å². The van der Waals surface area contributed by atoms with Gasteiger partial charge in [-0.1, -0.05) is 0 Å². The lowest BCUT2D eigenvalue weighted by molar-refractivity contribution is 0.415. The van der Waals surface area contributed by atoms with Crippen molar-refractivity contribution in [2.75, 3.05) is 25.2 Å². The Morgan fingerprint density at radius 2 is 2.08 bits per heavy atom. The average Bonchev–Trinajstić information content (AvgIpc) is 2.95. The van der Waals surface area contributed by atoms with E-state index in [1.165, 1.54) is 6.20 Å². The molecule has 0 aliphatic heterocycles. The maximum atomic E-state index is 11.8. The predicted octanol–water partition coefficient (Wildman–Crippen LogP) is 1.73. The van der Waals surface area contributed by atoms with Crippen molar-refractivity contribution in [3.05, 3.63) is 36.0 Å². The highest BCUT2D eigenvalue weighted by Crippen LogP contribution is 2.20. The average molecular weight is 361 g/mol. The highest BCUT2D eigenvalue weighted by Gasteiger charge is 2.15. The molecule has 0 bridgehead atoms. The predicted molar refractivity (Wildman–Crippen MR) is 94.7 cm³/mol. The van der Waals surface area contributed by atoms with Gasteiger partial charge in [-0.2, -0.15) is 0 Å². The van der Waals surface area contributed by atoms with E-state index in [0.29, 0.717) is 24.6 Å². The Morgan fingerprint density at radius 3 is 2.80 bits per heavy atom. The lowest BCUT2D eigenvalue weighted by Gasteiger charge is -2.09. The van der Waals surface area contributed by atoms with Crippen LogP contribution < -0.4 is 10.1 Å². The van der Waals surface area contributed by atoms with Gasteiger partial charge >= 0.3 is 0 Å². The number of ether oxygens (including phenoxy) is 1. The number of aromatic amines is 1. The molecule has 2 heterocycles. The van der Waals surface area contributed by atoms with Gasteiger partial charge in [0.2, 0.25) is 0 Å². The number of sulfone groups is 1. The lowest BCUT2D eigenvalue weighted by Crippen LogP contribution is -2.12. The number of nitrogens with one attached hydrogen (secondary N) is 2. The SMILES string of the molecule is COc1ccc2nc(CCNc3nc(C)ncc3S(C)(=O)=O)[nH]c2c1. The summed E-state index contributed by atoms with van der Waals surface area (Å²) in [6, 6.07) is 5.62. The van der Waals surface area contributed by atoms with Crippen LogP contribution in [-0.4, -0.2) is 48.3 Å². The van der Waals surface area contributed by atoms with Crippen LogP contribution in [0.2, 0.25) is 0 Å². The summed E-state index contributed by atoms with van der Waals surface area (Å²) in [4.78, 5) is 16.0. The van der Waals surface area contributed by atoms with E-state index in [2.05, 4.69) is 25.3 Å². The molecule has 0 radical (unpaired) electrons. The van der Waals surface area contributed by atoms with E-state index in [1.807, 2.05) is 18.2 Å². The Labute approximate surface area is 145 Å². The van der Waals surface area contributed by atoms with Crippen LogP contribution in [0.5, 0.6) is 5.75 Å². The molecule has 3 rings (SSSR count). The number of aryl methyl sites for hydroxylation is 1. The Hall–Kier alpha value is -2.68. The van der Waals surface area contributed by atoms with Crippen molar-refractivity contribution in [1.29, 1.82) is 0 Å². The molecule has 9 heteroatoms. The van der Waals surface area contributed by atoms with Crippen molar-refractivity contribution in [2.45, 2.75) is 18.2 Å². The number of H-pyrrole nitrogens is 1. The van der Waals surface area contributed by atoms with Crippen LogP contribution in [0.1, 0.15) is 11.6 Å². The van der Waals surface area contributed by atoms with Crippen molar-refractivity contribution in [3.8, 4) is 5.75 Å². The van der Waals surface area contributed by atoms with Gasteiger partial charge in [0.1, 0.15) is 28.1 Å². The van der Waals surface area contributed by atoms with E-state index in [1.54, 1.807) is 14.0 Å². The first-order chi connectivity index (χ1) is 11.9. The molecule has 0 saturated carbocycles. The Balaban J connectivity index is 1.74. The molecule has 0 atom stereocenters. The number of methoxy groups -OCH3 is 1. The van der Waals surface area contributed by atoms with Crippen LogP contribution >= 0.6 is 0 Å². The van der Waals surface area contributed by atoms with Gasteiger partial charge < -0.3 is 15.0 Å². The molecule has 0 amide bonds. The summed E-state index contributed by atoms with van der Waals surface area (Å²) in [7, 11) is -1.78. The second-order valence-electron chi connectivity index (χ2n) is 5.65. The van der Waals surface area contributed by atoms with Crippen LogP contribution in [0.25, 0.3) is 11.0 Å². The standard InChI is InChI=1S/C16H19N5O3S/c1-10-18-9-14(25(3,22)23)16(19-10)17-7-6-15-20-12-5-4-11(24-2)8-13(12)21-15/h4-5,8-9H,6-7H2,1-3H3,(H,20,21)(H,17,18,19). The molecule has 1 aromatic carbocycles. The zero-order valence-electron chi connectivity index (χ0n) is 14.2. The first-order valence-corrected chi connectivity index (χ1v) is 9.56. The van der Waals surface area contributed by atoms with Crippen molar-refractivity contribution in [1.82, 2.24) is 19.9 Å². The van der Waals surface area contributed by atoms with E-state index in [9.17, 15) is 8.42 Å². The zero-order valence-corrected chi connectivity index (χ0v) is 15.0. The van der Waals surface area contributed by atoms with Crippen molar-refractivity contribution < 1.29 is 13.2 Å². The van der Waals surface area contributed by atoms with Gasteiger partial charge in [0.05, 0.1) is 24.3 Å². The largest absolute Gasteiger partial charge is 0.497 e. The number of hydrogen-bond donors (Lipinski definition) is 2. The monoisotopic (exact) mass is 361 g/mol. The smallest absolute Gasteiger partial charge is 0.180 e. The van der Waals surface area contributed by atoms with Crippen LogP contribution in [-0.2, 0) is 16.3 Å². The minimum absolute atomic E-state index is 0.0902. The molecule has 0 aliphatic carbocycles. The Bertz CT molecular complexity index is 1010. The van der Waals surface area contributed by atoms with E-state index in [0.717, 1.165) is 28.9 Å². The number of imidazole rings is 1. The number of nitrogens with zero attached hydrogens (tertiary/aromatic N) is 3. The second kappa shape index (κ2) is 6.67. The minimum Gasteiger partial charge on any atom is -0.497 e. The van der Waals surface area contributed by atoms with E-state index in [4.69, 9.17) is 4.74 Å². The first kappa shape index (κ1) is 17.2. The molecule has 0 saturated heterocycles. The molecule has 0 unspecified atom stereocenters. The second-order valence-corrected chi connectivity index (χ2v) is 7.63. The number of rotatable bonds is 6. The van der Waals surface area contributed by atoms with Gasteiger partial charge in [0.15, 0.2) is 9.84 Å². The summed E-state index contributed by atoms with van der Waals surface area (Å²) in [5.74, 6) is 2.37. The zero-order chi connectivity index (χ0) is 18.0. The summed E-state index contributed by atoms with van der Waals surface area (Å²) in [5.41, 5.74) is 1.74. The molecular formula is C16H19N5O3S. The molecule has 132 valence electrons. The summed E-state index contributed by atoms with van der Waals surface area (Å²) in [6.45, 7) is 2.19. The third kappa shape index (κ3) is 3.87. The van der Waals surface area contributed by atoms with Gasteiger partial charge in [-0.15, -0.1) is 0 Å². The molecule has 3 aromatic rings. The third-order valence-corrected chi connectivity index (χ3v) is 4.77. The van der Waals surface area contributed by atoms with Crippen molar-refractivity contribution >= 4 is 26.7 Å². The number of hydrogen-bond acceptors (Lipinski definition) is 7. The van der Waals surface area contributed by atoms with Crippen LogP contribution in [0, 0.1) is 6.92 Å². The molecule has 2 aromatic heterocycles. The van der Waals surface area contributed by atoms with Gasteiger partial charge in [-0.3, -0.25) is 0 Å². The summed E-state index contributed by atoms with van der Waals surface area (Å²) in [5, 5.41) is 3.06. The van der Waals surface area contributed by atoms with Crippen molar-refractivity contribution in [3.63, 3.8) is 0 Å². The molecule has 0 fully saturated rings. The van der Waals surface area contributed by atoms with Crippen LogP contribution in [0.3, 0.4) is 0 Å². The van der Waals surface area contributed by atoms with Gasteiger partial charge in [0, 0.05) is 25.3 Å². The molecular weight excluding hydrogens is 342 g/mol. The van der Waals surface area contributed by atoms with Gasteiger partial charge in [-0.05, 0) is 19.1 Å². The normalized spacial score (nSPS) is 11.6. The summed E-state index contributed by atoms with van der Waals surface area (Å²) < 4.78 is 28.8. The van der Waals surface area contributed by atoms with E-state index < -0.39 is 9.84 Å². The third-order valence-electron chi connectivity index (χ3n) is 3.67. The molecule has 2 N–H and O–H groups in total. The lowest BCUT2D eigenvalue weighted by atomic mass is 10.3. The fourth-order valence-electron chi connectivity index (χ4n) is 2.44. The van der Waals surface area contributed by atoms with E-state index >= 15 is 0 Å². The molecule has 25 heavy (non-hydrogen) atoms. The van der Waals surface area contributed by atoms with Crippen LogP contribution in [0.4, 0.5) is 5.82 Å². The number of benzene rings is 1. The highest BCUT2D eigenvalue weighted by atomic mass is 32.2. The quantitative estimate of drug-likeness (QED) is 0.688.